The molecule has 0 heterocycles. The van der Waals surface area contributed by atoms with Crippen LogP contribution in [0.2, 0.25) is 0 Å². The molecule has 2 nitrogen and oxygen atoms in total. The van der Waals surface area contributed by atoms with Gasteiger partial charge >= 0.3 is 0 Å². The molecule has 0 N–H and O–H groups in total. The lowest BCUT2D eigenvalue weighted by molar-refractivity contribution is 0.0719. The van der Waals surface area contributed by atoms with Crippen molar-refractivity contribution in [1.29, 1.82) is 0 Å². The molecule has 94 valence electrons. The van der Waals surface area contributed by atoms with Crippen molar-refractivity contribution in [3.8, 4) is 0 Å². The predicted octanol–water partition coefficient (Wildman–Crippen LogP) is 3.85. The zero-order valence-electron chi connectivity index (χ0n) is 10.3. The Bertz CT molecular complexity index is 404. The molecule has 0 unspecified atom stereocenters. The molecule has 0 aliphatic heterocycles. The quantitative estimate of drug-likeness (QED) is 0.827. The molecule has 0 atom stereocenters. The van der Waals surface area contributed by atoms with Crippen LogP contribution in [0.4, 0.5) is 4.39 Å². The number of carbonyl (C=O) groups is 1. The summed E-state index contributed by atoms with van der Waals surface area (Å²) in [7, 11) is 1.72. The minimum absolute atomic E-state index is 0.127. The van der Waals surface area contributed by atoms with Crippen LogP contribution in [0.15, 0.2) is 22.7 Å². The van der Waals surface area contributed by atoms with Crippen molar-refractivity contribution in [2.75, 3.05) is 7.05 Å². The summed E-state index contributed by atoms with van der Waals surface area (Å²) in [4.78, 5) is 13.7. The summed E-state index contributed by atoms with van der Waals surface area (Å²) in [5, 5.41) is 0. The van der Waals surface area contributed by atoms with Crippen LogP contribution in [-0.2, 0) is 0 Å². The first-order chi connectivity index (χ1) is 8.01. The van der Waals surface area contributed by atoms with Gasteiger partial charge in [0.15, 0.2) is 0 Å². The zero-order valence-corrected chi connectivity index (χ0v) is 11.9. The van der Waals surface area contributed by atoms with Crippen molar-refractivity contribution < 1.29 is 9.18 Å². The van der Waals surface area contributed by atoms with Crippen molar-refractivity contribution >= 4 is 21.8 Å². The molecule has 1 rings (SSSR count). The molecule has 1 aromatic carbocycles. The van der Waals surface area contributed by atoms with E-state index >= 15 is 0 Å². The summed E-state index contributed by atoms with van der Waals surface area (Å²) in [6, 6.07) is 4.66. The minimum atomic E-state index is -0.484. The zero-order chi connectivity index (χ0) is 13.0. The van der Waals surface area contributed by atoms with Gasteiger partial charge in [-0.2, -0.15) is 0 Å². The van der Waals surface area contributed by atoms with E-state index in [9.17, 15) is 9.18 Å². The number of amides is 1. The lowest BCUT2D eigenvalue weighted by Crippen LogP contribution is -2.36. The van der Waals surface area contributed by atoms with Crippen molar-refractivity contribution in [2.24, 2.45) is 0 Å². The summed E-state index contributed by atoms with van der Waals surface area (Å²) in [6.45, 7) is 4.05. The fourth-order valence-electron chi connectivity index (χ4n) is 1.86. The highest BCUT2D eigenvalue weighted by molar-refractivity contribution is 9.10. The van der Waals surface area contributed by atoms with E-state index < -0.39 is 5.82 Å². The van der Waals surface area contributed by atoms with Crippen molar-refractivity contribution in [2.45, 2.75) is 32.7 Å². The Hall–Kier alpha value is -0.900. The average molecular weight is 302 g/mol. The maximum Gasteiger partial charge on any atom is 0.256 e. The third-order valence-electron chi connectivity index (χ3n) is 2.97. The first-order valence-electron chi connectivity index (χ1n) is 5.73. The van der Waals surface area contributed by atoms with Crippen LogP contribution in [-0.4, -0.2) is 23.9 Å². The van der Waals surface area contributed by atoms with E-state index in [0.717, 1.165) is 12.8 Å². The molecule has 0 saturated heterocycles. The van der Waals surface area contributed by atoms with Gasteiger partial charge in [0.2, 0.25) is 0 Å². The molecule has 0 aliphatic rings. The monoisotopic (exact) mass is 301 g/mol. The van der Waals surface area contributed by atoms with Crippen LogP contribution in [0, 0.1) is 5.82 Å². The smallest absolute Gasteiger partial charge is 0.256 e. The standard InChI is InChI=1S/C13H17BrFNO/c1-4-10(5-2)16(3)13(17)11-7-6-9(14)8-12(11)15/h6-8,10H,4-5H2,1-3H3. The number of hydrogen-bond acceptors (Lipinski definition) is 1. The molecule has 0 bridgehead atoms. The second-order valence-electron chi connectivity index (χ2n) is 4.01. The van der Waals surface area contributed by atoms with Crippen LogP contribution in [0.3, 0.4) is 0 Å². The molecule has 0 fully saturated rings. The Morgan fingerprint density at radius 3 is 2.47 bits per heavy atom. The Kier molecular flexibility index (Phi) is 5.12. The number of carbonyl (C=O) groups excluding carboxylic acids is 1. The molecular weight excluding hydrogens is 285 g/mol. The maximum absolute atomic E-state index is 13.7. The van der Waals surface area contributed by atoms with Crippen molar-refractivity contribution in [3.63, 3.8) is 0 Å². The summed E-state index contributed by atoms with van der Waals surface area (Å²) >= 11 is 3.17. The number of rotatable bonds is 4. The Morgan fingerprint density at radius 2 is 2.00 bits per heavy atom. The minimum Gasteiger partial charge on any atom is -0.339 e. The molecule has 0 aromatic heterocycles. The third kappa shape index (κ3) is 3.28. The highest BCUT2D eigenvalue weighted by Gasteiger charge is 2.20. The highest BCUT2D eigenvalue weighted by atomic mass is 79.9. The van der Waals surface area contributed by atoms with E-state index in [2.05, 4.69) is 15.9 Å². The lowest BCUT2D eigenvalue weighted by atomic mass is 10.1. The molecule has 1 aromatic rings. The fourth-order valence-corrected chi connectivity index (χ4v) is 2.19. The number of nitrogens with zero attached hydrogens (tertiary/aromatic N) is 1. The molecular formula is C13H17BrFNO. The number of hydrogen-bond donors (Lipinski definition) is 0. The second kappa shape index (κ2) is 6.15. The van der Waals surface area contributed by atoms with Gasteiger partial charge in [-0.25, -0.2) is 4.39 Å². The molecule has 0 spiro atoms. The summed E-state index contributed by atoms with van der Waals surface area (Å²) in [5.41, 5.74) is 0.127. The molecule has 1 amide bonds. The Labute approximate surface area is 110 Å². The van der Waals surface area contributed by atoms with E-state index in [0.29, 0.717) is 4.47 Å². The van der Waals surface area contributed by atoms with E-state index in [-0.39, 0.29) is 17.5 Å². The van der Waals surface area contributed by atoms with Crippen molar-refractivity contribution in [3.05, 3.63) is 34.1 Å². The summed E-state index contributed by atoms with van der Waals surface area (Å²) < 4.78 is 14.3. The topological polar surface area (TPSA) is 20.3 Å². The fraction of sp³-hybridized carbons (Fsp3) is 0.462. The van der Waals surface area contributed by atoms with Gasteiger partial charge < -0.3 is 4.90 Å². The highest BCUT2D eigenvalue weighted by Crippen LogP contribution is 2.18. The first-order valence-corrected chi connectivity index (χ1v) is 6.52. The Balaban J connectivity index is 2.96. The third-order valence-corrected chi connectivity index (χ3v) is 3.47. The van der Waals surface area contributed by atoms with Gasteiger partial charge in [-0.15, -0.1) is 0 Å². The molecule has 0 radical (unpaired) electrons. The largest absolute Gasteiger partial charge is 0.339 e. The van der Waals surface area contributed by atoms with Crippen molar-refractivity contribution in [1.82, 2.24) is 4.90 Å². The van der Waals surface area contributed by atoms with Crippen LogP contribution in [0.5, 0.6) is 0 Å². The lowest BCUT2D eigenvalue weighted by Gasteiger charge is -2.26. The molecule has 0 aliphatic carbocycles. The first kappa shape index (κ1) is 14.2. The van der Waals surface area contributed by atoms with Gasteiger partial charge in [0.05, 0.1) is 5.56 Å². The van der Waals surface area contributed by atoms with Gasteiger partial charge in [-0.3, -0.25) is 4.79 Å². The molecule has 17 heavy (non-hydrogen) atoms. The Morgan fingerprint density at radius 1 is 1.41 bits per heavy atom. The van der Waals surface area contributed by atoms with Crippen LogP contribution >= 0.6 is 15.9 Å². The van der Waals surface area contributed by atoms with E-state index in [1.54, 1.807) is 18.0 Å². The van der Waals surface area contributed by atoms with Gasteiger partial charge in [-0.05, 0) is 31.0 Å². The van der Waals surface area contributed by atoms with Crippen LogP contribution in [0.25, 0.3) is 0 Å². The number of benzene rings is 1. The second-order valence-corrected chi connectivity index (χ2v) is 4.93. The van der Waals surface area contributed by atoms with Gasteiger partial charge in [0.1, 0.15) is 5.82 Å². The van der Waals surface area contributed by atoms with E-state index in [1.807, 2.05) is 13.8 Å². The summed E-state index contributed by atoms with van der Waals surface area (Å²) in [5.74, 6) is -0.745. The molecule has 4 heteroatoms. The molecule has 0 saturated carbocycles. The van der Waals surface area contributed by atoms with E-state index in [1.165, 1.54) is 12.1 Å². The predicted molar refractivity (Wildman–Crippen MR) is 70.6 cm³/mol. The maximum atomic E-state index is 13.7. The van der Waals surface area contributed by atoms with Gasteiger partial charge in [-0.1, -0.05) is 29.8 Å². The van der Waals surface area contributed by atoms with Gasteiger partial charge in [0.25, 0.3) is 5.91 Å². The number of halogens is 2. The van der Waals surface area contributed by atoms with E-state index in [4.69, 9.17) is 0 Å². The van der Waals surface area contributed by atoms with Crippen LogP contribution in [0.1, 0.15) is 37.0 Å². The van der Waals surface area contributed by atoms with Gasteiger partial charge in [0, 0.05) is 17.6 Å². The normalized spacial score (nSPS) is 10.7. The summed E-state index contributed by atoms with van der Waals surface area (Å²) in [6.07, 6.45) is 1.74. The average Bonchev–Trinajstić information content (AvgIpc) is 2.29. The van der Waals surface area contributed by atoms with Crippen LogP contribution < -0.4 is 0 Å². The SMILES string of the molecule is CCC(CC)N(C)C(=O)c1ccc(Br)cc1F.